The van der Waals surface area contributed by atoms with Crippen molar-refractivity contribution in [3.63, 3.8) is 0 Å². The van der Waals surface area contributed by atoms with E-state index in [9.17, 15) is 4.79 Å². The minimum atomic E-state index is -0.00566. The van der Waals surface area contributed by atoms with Crippen LogP contribution >= 0.6 is 23.2 Å². The number of ketones is 1. The molecule has 5 heteroatoms. The predicted octanol–water partition coefficient (Wildman–Crippen LogP) is 3.83. The monoisotopic (exact) mass is 294 g/mol. The van der Waals surface area contributed by atoms with Crippen molar-refractivity contribution < 1.29 is 4.79 Å². The van der Waals surface area contributed by atoms with Crippen molar-refractivity contribution in [1.29, 1.82) is 0 Å². The molecule has 98 valence electrons. The summed E-state index contributed by atoms with van der Waals surface area (Å²) >= 11 is 11.8. The normalized spacial score (nSPS) is 10.5. The van der Waals surface area contributed by atoms with Crippen molar-refractivity contribution in [2.24, 2.45) is 0 Å². The molecule has 1 aromatic heterocycles. The summed E-state index contributed by atoms with van der Waals surface area (Å²) in [4.78, 5) is 12.2. The van der Waals surface area contributed by atoms with E-state index in [1.807, 2.05) is 6.92 Å². The van der Waals surface area contributed by atoms with E-state index in [4.69, 9.17) is 23.2 Å². The SMILES string of the molecule is Cc1cc(C(=O)Cc2ccc(Cl)c(Cl)c2)c(C)nn1. The van der Waals surface area contributed by atoms with Crippen LogP contribution in [0, 0.1) is 13.8 Å². The summed E-state index contributed by atoms with van der Waals surface area (Å²) in [6.45, 7) is 3.58. The molecule has 19 heavy (non-hydrogen) atoms. The quantitative estimate of drug-likeness (QED) is 0.808. The maximum Gasteiger partial charge on any atom is 0.169 e. The number of aromatic nitrogens is 2. The fraction of sp³-hybridized carbons (Fsp3) is 0.214. The number of aryl methyl sites for hydroxylation is 2. The molecule has 0 N–H and O–H groups in total. The van der Waals surface area contributed by atoms with Gasteiger partial charge >= 0.3 is 0 Å². The summed E-state index contributed by atoms with van der Waals surface area (Å²) in [5.74, 6) is -0.00566. The maximum absolute atomic E-state index is 12.2. The molecule has 0 radical (unpaired) electrons. The molecule has 0 aliphatic heterocycles. The zero-order valence-electron chi connectivity index (χ0n) is 10.6. The smallest absolute Gasteiger partial charge is 0.169 e. The Morgan fingerprint density at radius 3 is 2.53 bits per heavy atom. The third-order valence-corrected chi connectivity index (χ3v) is 3.49. The van der Waals surface area contributed by atoms with Crippen molar-refractivity contribution in [2.45, 2.75) is 20.3 Å². The highest BCUT2D eigenvalue weighted by Gasteiger charge is 2.12. The molecule has 0 aliphatic carbocycles. The number of hydrogen-bond donors (Lipinski definition) is 0. The van der Waals surface area contributed by atoms with Crippen molar-refractivity contribution in [3.05, 3.63) is 56.8 Å². The lowest BCUT2D eigenvalue weighted by Gasteiger charge is -2.06. The van der Waals surface area contributed by atoms with Gasteiger partial charge in [0.15, 0.2) is 5.78 Å². The van der Waals surface area contributed by atoms with Gasteiger partial charge in [0.05, 0.1) is 21.4 Å². The van der Waals surface area contributed by atoms with Crippen molar-refractivity contribution in [1.82, 2.24) is 10.2 Å². The van der Waals surface area contributed by atoms with Gasteiger partial charge in [0.25, 0.3) is 0 Å². The van der Waals surface area contributed by atoms with Gasteiger partial charge in [-0.25, -0.2) is 0 Å². The van der Waals surface area contributed by atoms with E-state index in [2.05, 4.69) is 10.2 Å². The zero-order chi connectivity index (χ0) is 14.0. The van der Waals surface area contributed by atoms with Gasteiger partial charge in [0.1, 0.15) is 0 Å². The highest BCUT2D eigenvalue weighted by molar-refractivity contribution is 6.42. The Hall–Kier alpha value is -1.45. The number of hydrogen-bond acceptors (Lipinski definition) is 3. The van der Waals surface area contributed by atoms with E-state index >= 15 is 0 Å². The second kappa shape index (κ2) is 5.68. The molecule has 0 bridgehead atoms. The fourth-order valence-corrected chi connectivity index (χ4v) is 2.08. The Morgan fingerprint density at radius 2 is 1.84 bits per heavy atom. The van der Waals surface area contributed by atoms with Crippen LogP contribution in [-0.4, -0.2) is 16.0 Å². The predicted molar refractivity (Wildman–Crippen MR) is 76.0 cm³/mol. The number of halogens is 2. The number of nitrogens with zero attached hydrogens (tertiary/aromatic N) is 2. The van der Waals surface area contributed by atoms with Gasteiger partial charge in [-0.1, -0.05) is 29.3 Å². The number of Topliss-reactive ketones (excluding diaryl/α,β-unsaturated/α-hetero) is 1. The Labute approximate surface area is 121 Å². The molecule has 2 aromatic rings. The third kappa shape index (κ3) is 3.31. The summed E-state index contributed by atoms with van der Waals surface area (Å²) in [5, 5.41) is 8.80. The summed E-state index contributed by atoms with van der Waals surface area (Å²) in [5.41, 5.74) is 2.78. The lowest BCUT2D eigenvalue weighted by molar-refractivity contribution is 0.0991. The Balaban J connectivity index is 2.25. The molecule has 0 fully saturated rings. The fourth-order valence-electron chi connectivity index (χ4n) is 1.76. The molecule has 0 amide bonds. The first-order valence-electron chi connectivity index (χ1n) is 5.75. The van der Waals surface area contributed by atoms with Crippen molar-refractivity contribution in [2.75, 3.05) is 0 Å². The van der Waals surface area contributed by atoms with Gasteiger partial charge < -0.3 is 0 Å². The van der Waals surface area contributed by atoms with Crippen LogP contribution < -0.4 is 0 Å². The average Bonchev–Trinajstić information content (AvgIpc) is 2.36. The van der Waals surface area contributed by atoms with Crippen LogP contribution in [0.25, 0.3) is 0 Å². The van der Waals surface area contributed by atoms with E-state index in [0.717, 1.165) is 11.3 Å². The highest BCUT2D eigenvalue weighted by Crippen LogP contribution is 2.23. The number of carbonyl (C=O) groups excluding carboxylic acids is 1. The molecule has 0 saturated carbocycles. The first-order chi connectivity index (χ1) is 8.97. The summed E-state index contributed by atoms with van der Waals surface area (Å²) < 4.78 is 0. The third-order valence-electron chi connectivity index (χ3n) is 2.75. The molecule has 0 unspecified atom stereocenters. The molecule has 3 nitrogen and oxygen atoms in total. The van der Waals surface area contributed by atoms with Gasteiger partial charge in [0, 0.05) is 12.0 Å². The standard InChI is InChI=1S/C14H12Cl2N2O/c1-8-5-11(9(2)18-17-8)14(19)7-10-3-4-12(15)13(16)6-10/h3-6H,7H2,1-2H3. The minimum Gasteiger partial charge on any atom is -0.294 e. The van der Waals surface area contributed by atoms with E-state index in [-0.39, 0.29) is 12.2 Å². The second-order valence-corrected chi connectivity index (χ2v) is 5.15. The van der Waals surface area contributed by atoms with E-state index in [0.29, 0.717) is 21.3 Å². The minimum absolute atomic E-state index is 0.00566. The van der Waals surface area contributed by atoms with Crippen molar-refractivity contribution in [3.8, 4) is 0 Å². The van der Waals surface area contributed by atoms with Gasteiger partial charge in [-0.15, -0.1) is 0 Å². The first-order valence-corrected chi connectivity index (χ1v) is 6.51. The van der Waals surface area contributed by atoms with Gasteiger partial charge in [-0.3, -0.25) is 4.79 Å². The molecule has 1 aromatic carbocycles. The van der Waals surface area contributed by atoms with Gasteiger partial charge in [-0.05, 0) is 37.6 Å². The lowest BCUT2D eigenvalue weighted by atomic mass is 10.0. The van der Waals surface area contributed by atoms with Crippen LogP contribution in [0.3, 0.4) is 0 Å². The van der Waals surface area contributed by atoms with Crippen LogP contribution in [0.5, 0.6) is 0 Å². The highest BCUT2D eigenvalue weighted by atomic mass is 35.5. The van der Waals surface area contributed by atoms with Crippen molar-refractivity contribution >= 4 is 29.0 Å². The van der Waals surface area contributed by atoms with E-state index in [1.165, 1.54) is 0 Å². The Morgan fingerprint density at radius 1 is 1.11 bits per heavy atom. The molecular weight excluding hydrogens is 283 g/mol. The average molecular weight is 295 g/mol. The summed E-state index contributed by atoms with van der Waals surface area (Å²) in [6, 6.07) is 6.94. The van der Waals surface area contributed by atoms with Gasteiger partial charge in [0.2, 0.25) is 0 Å². The summed E-state index contributed by atoms with van der Waals surface area (Å²) in [7, 11) is 0. The summed E-state index contributed by atoms with van der Waals surface area (Å²) in [6.07, 6.45) is 0.267. The van der Waals surface area contributed by atoms with Crippen LogP contribution in [0.2, 0.25) is 10.0 Å². The Bertz CT molecular complexity index is 641. The molecule has 0 spiro atoms. The maximum atomic E-state index is 12.2. The van der Waals surface area contributed by atoms with Crippen LogP contribution in [0.4, 0.5) is 0 Å². The zero-order valence-corrected chi connectivity index (χ0v) is 12.1. The van der Waals surface area contributed by atoms with E-state index < -0.39 is 0 Å². The number of carbonyl (C=O) groups is 1. The second-order valence-electron chi connectivity index (χ2n) is 4.33. The Kier molecular flexibility index (Phi) is 4.17. The molecule has 2 rings (SSSR count). The molecular formula is C14H12Cl2N2O. The van der Waals surface area contributed by atoms with Crippen LogP contribution in [0.15, 0.2) is 24.3 Å². The molecule has 0 atom stereocenters. The molecule has 0 aliphatic rings. The number of benzene rings is 1. The largest absolute Gasteiger partial charge is 0.294 e. The van der Waals surface area contributed by atoms with Gasteiger partial charge in [-0.2, -0.15) is 10.2 Å². The van der Waals surface area contributed by atoms with Crippen LogP contribution in [-0.2, 0) is 6.42 Å². The topological polar surface area (TPSA) is 42.9 Å². The molecule has 0 saturated heterocycles. The first kappa shape index (κ1) is 14.0. The van der Waals surface area contributed by atoms with E-state index in [1.54, 1.807) is 31.2 Å². The van der Waals surface area contributed by atoms with Crippen LogP contribution in [0.1, 0.15) is 27.3 Å². The number of rotatable bonds is 3. The molecule has 1 heterocycles. The lowest BCUT2D eigenvalue weighted by Crippen LogP contribution is -2.08.